The Morgan fingerprint density at radius 1 is 0.865 bits per heavy atom. The normalized spacial score (nSPS) is 14.4. The van der Waals surface area contributed by atoms with Crippen molar-refractivity contribution in [2.75, 3.05) is 0 Å². The lowest BCUT2D eigenvalue weighted by molar-refractivity contribution is 0.0574. The van der Waals surface area contributed by atoms with Crippen molar-refractivity contribution in [3.05, 3.63) is 94.7 Å². The molecule has 1 atom stereocenters. The lowest BCUT2D eigenvalue weighted by Gasteiger charge is -2.24. The molecule has 6 rings (SSSR count). The number of fused-ring (bicyclic) bond motifs is 4. The fourth-order valence-corrected chi connectivity index (χ4v) is 5.30. The number of nitrogens with zero attached hydrogens (tertiary/aromatic N) is 6. The first-order chi connectivity index (χ1) is 17.8. The van der Waals surface area contributed by atoms with Crippen LogP contribution >= 0.6 is 0 Å². The predicted molar refractivity (Wildman–Crippen MR) is 140 cm³/mol. The third-order valence-electron chi connectivity index (χ3n) is 7.22. The Bertz CT molecular complexity index is 1650. The van der Waals surface area contributed by atoms with Gasteiger partial charge in [0.1, 0.15) is 18.0 Å². The molecule has 4 heterocycles. The van der Waals surface area contributed by atoms with Crippen molar-refractivity contribution in [3.8, 4) is 0 Å². The second kappa shape index (κ2) is 8.65. The molecule has 0 saturated heterocycles. The van der Waals surface area contributed by atoms with E-state index in [1.165, 1.54) is 4.90 Å². The molecule has 0 saturated carbocycles. The van der Waals surface area contributed by atoms with Gasteiger partial charge in [-0.2, -0.15) is 0 Å². The number of hydrogen-bond acceptors (Lipinski definition) is 5. The van der Waals surface area contributed by atoms with E-state index in [-0.39, 0.29) is 11.8 Å². The molecule has 8 heteroatoms. The van der Waals surface area contributed by atoms with E-state index in [4.69, 9.17) is 15.1 Å². The van der Waals surface area contributed by atoms with Crippen molar-refractivity contribution < 1.29 is 9.59 Å². The molecule has 3 aromatic heterocycles. The number of carbonyl (C=O) groups is 2. The maximum absolute atomic E-state index is 13.5. The first-order valence-corrected chi connectivity index (χ1v) is 12.6. The first-order valence-electron chi connectivity index (χ1n) is 12.6. The van der Waals surface area contributed by atoms with Gasteiger partial charge in [0.05, 0.1) is 16.5 Å². The summed E-state index contributed by atoms with van der Waals surface area (Å²) in [4.78, 5) is 38.0. The van der Waals surface area contributed by atoms with E-state index in [0.717, 1.165) is 34.4 Å². The van der Waals surface area contributed by atoms with Gasteiger partial charge in [-0.25, -0.2) is 14.5 Å². The third kappa shape index (κ3) is 3.63. The fourth-order valence-electron chi connectivity index (χ4n) is 5.30. The summed E-state index contributed by atoms with van der Waals surface area (Å²) >= 11 is 0. The average molecular weight is 493 g/mol. The number of imide groups is 1. The van der Waals surface area contributed by atoms with Crippen molar-refractivity contribution in [1.29, 1.82) is 0 Å². The van der Waals surface area contributed by atoms with Crippen LogP contribution in [-0.4, -0.2) is 40.9 Å². The summed E-state index contributed by atoms with van der Waals surface area (Å²) in [6.45, 7) is 9.40. The van der Waals surface area contributed by atoms with Crippen LogP contribution in [0.4, 0.5) is 0 Å². The maximum atomic E-state index is 13.5. The standard InChI is InChI=1S/C29H28N6O2/c1-17(2)15-33-19(4)18(3)24-26(33)30-16-34-27(24)31-25(32-34)23(14-20-10-6-5-7-11-20)35-28(36)21-12-8-9-13-22(21)29(35)37/h5-13,16-17,23H,14-15H2,1-4H3/t23-/m0/s1. The summed E-state index contributed by atoms with van der Waals surface area (Å²) in [5, 5.41) is 5.71. The van der Waals surface area contributed by atoms with E-state index in [1.807, 2.05) is 30.3 Å². The second-order valence-electron chi connectivity index (χ2n) is 10.1. The molecule has 0 fully saturated rings. The molecular weight excluding hydrogens is 464 g/mol. The Hall–Kier alpha value is -4.33. The molecule has 186 valence electrons. The van der Waals surface area contributed by atoms with Crippen molar-refractivity contribution in [1.82, 2.24) is 29.0 Å². The average Bonchev–Trinajstić information content (AvgIpc) is 3.51. The molecule has 5 aromatic rings. The molecule has 0 unspecified atom stereocenters. The number of aromatic nitrogens is 5. The Morgan fingerprint density at radius 3 is 2.16 bits per heavy atom. The molecule has 2 aromatic carbocycles. The van der Waals surface area contributed by atoms with Gasteiger partial charge < -0.3 is 4.57 Å². The monoisotopic (exact) mass is 492 g/mol. The number of hydrogen-bond donors (Lipinski definition) is 0. The van der Waals surface area contributed by atoms with Gasteiger partial charge in [-0.1, -0.05) is 56.3 Å². The van der Waals surface area contributed by atoms with Crippen LogP contribution in [0, 0.1) is 19.8 Å². The highest BCUT2D eigenvalue weighted by Crippen LogP contribution is 2.34. The lowest BCUT2D eigenvalue weighted by atomic mass is 10.0. The van der Waals surface area contributed by atoms with Crippen LogP contribution in [0.15, 0.2) is 60.9 Å². The van der Waals surface area contributed by atoms with Gasteiger partial charge in [0.25, 0.3) is 11.8 Å². The number of amides is 2. The Kier molecular flexibility index (Phi) is 5.40. The fraction of sp³-hybridized carbons (Fsp3) is 0.276. The second-order valence-corrected chi connectivity index (χ2v) is 10.1. The summed E-state index contributed by atoms with van der Waals surface area (Å²) in [5.41, 5.74) is 5.61. The highest BCUT2D eigenvalue weighted by atomic mass is 16.2. The first kappa shape index (κ1) is 23.1. The van der Waals surface area contributed by atoms with Gasteiger partial charge in [0.2, 0.25) is 0 Å². The van der Waals surface area contributed by atoms with Gasteiger partial charge in [-0.3, -0.25) is 14.5 Å². The van der Waals surface area contributed by atoms with Gasteiger partial charge in [-0.05, 0) is 43.0 Å². The number of benzene rings is 2. The van der Waals surface area contributed by atoms with Gasteiger partial charge in [0, 0.05) is 18.7 Å². The Morgan fingerprint density at radius 2 is 1.51 bits per heavy atom. The molecule has 2 amide bonds. The molecular formula is C29H28N6O2. The zero-order valence-corrected chi connectivity index (χ0v) is 21.3. The summed E-state index contributed by atoms with van der Waals surface area (Å²) in [6.07, 6.45) is 2.08. The van der Waals surface area contributed by atoms with E-state index in [9.17, 15) is 9.59 Å². The lowest BCUT2D eigenvalue weighted by Crippen LogP contribution is -2.36. The zero-order chi connectivity index (χ0) is 25.8. The molecule has 1 aliphatic heterocycles. The topological polar surface area (TPSA) is 85.4 Å². The van der Waals surface area contributed by atoms with Crippen LogP contribution < -0.4 is 0 Å². The number of rotatable bonds is 6. The zero-order valence-electron chi connectivity index (χ0n) is 21.3. The molecule has 37 heavy (non-hydrogen) atoms. The molecule has 0 spiro atoms. The quantitative estimate of drug-likeness (QED) is 0.314. The summed E-state index contributed by atoms with van der Waals surface area (Å²) in [7, 11) is 0. The predicted octanol–water partition coefficient (Wildman–Crippen LogP) is 4.93. The van der Waals surface area contributed by atoms with Crippen molar-refractivity contribution >= 4 is 28.5 Å². The summed E-state index contributed by atoms with van der Waals surface area (Å²) in [5.74, 6) is 0.239. The van der Waals surface area contributed by atoms with Crippen molar-refractivity contribution in [2.45, 2.75) is 46.7 Å². The van der Waals surface area contributed by atoms with Crippen LogP contribution in [0.1, 0.15) is 63.3 Å². The smallest absolute Gasteiger partial charge is 0.262 e. The maximum Gasteiger partial charge on any atom is 0.262 e. The minimum absolute atomic E-state index is 0.321. The van der Waals surface area contributed by atoms with Gasteiger partial charge in [-0.15, -0.1) is 5.10 Å². The van der Waals surface area contributed by atoms with E-state index >= 15 is 0 Å². The molecule has 1 aliphatic rings. The minimum Gasteiger partial charge on any atom is -0.329 e. The molecule has 0 bridgehead atoms. The molecule has 0 radical (unpaired) electrons. The van der Waals surface area contributed by atoms with Crippen molar-refractivity contribution in [3.63, 3.8) is 0 Å². The highest BCUT2D eigenvalue weighted by Gasteiger charge is 2.42. The third-order valence-corrected chi connectivity index (χ3v) is 7.22. The largest absolute Gasteiger partial charge is 0.329 e. The van der Waals surface area contributed by atoms with Gasteiger partial charge in [0.15, 0.2) is 11.5 Å². The van der Waals surface area contributed by atoms with Crippen LogP contribution in [0.25, 0.3) is 16.7 Å². The SMILES string of the molecule is Cc1c(C)n(CC(C)C)c2ncn3nc([C@H](Cc4ccccc4)N4C(=O)c5ccccc5C4=O)nc3c12. The summed E-state index contributed by atoms with van der Waals surface area (Å²) in [6, 6.07) is 16.1. The molecule has 0 N–H and O–H groups in total. The minimum atomic E-state index is -0.663. The molecule has 0 aliphatic carbocycles. The van der Waals surface area contributed by atoms with Crippen LogP contribution in [0.5, 0.6) is 0 Å². The Balaban J connectivity index is 1.52. The van der Waals surface area contributed by atoms with Crippen LogP contribution in [0.3, 0.4) is 0 Å². The van der Waals surface area contributed by atoms with E-state index < -0.39 is 6.04 Å². The van der Waals surface area contributed by atoms with E-state index in [2.05, 4.69) is 32.3 Å². The van der Waals surface area contributed by atoms with Crippen LogP contribution in [0.2, 0.25) is 0 Å². The van der Waals surface area contributed by atoms with Crippen molar-refractivity contribution in [2.24, 2.45) is 5.92 Å². The van der Waals surface area contributed by atoms with E-state index in [0.29, 0.717) is 34.9 Å². The Labute approximate surface area is 214 Å². The van der Waals surface area contributed by atoms with Crippen LogP contribution in [-0.2, 0) is 13.0 Å². The van der Waals surface area contributed by atoms with Gasteiger partial charge >= 0.3 is 0 Å². The highest BCUT2D eigenvalue weighted by molar-refractivity contribution is 6.21. The number of carbonyl (C=O) groups excluding carboxylic acids is 2. The van der Waals surface area contributed by atoms with E-state index in [1.54, 1.807) is 35.1 Å². The number of aryl methyl sites for hydroxylation is 1. The summed E-state index contributed by atoms with van der Waals surface area (Å²) < 4.78 is 3.90. The molecule has 8 nitrogen and oxygen atoms in total.